The van der Waals surface area contributed by atoms with E-state index in [0.29, 0.717) is 0 Å². The van der Waals surface area contributed by atoms with Gasteiger partial charge in [0.15, 0.2) is 0 Å². The summed E-state index contributed by atoms with van der Waals surface area (Å²) in [5, 5.41) is 11.5. The van der Waals surface area contributed by atoms with Crippen molar-refractivity contribution in [1.29, 1.82) is 0 Å². The third-order valence-electron chi connectivity index (χ3n) is 2.00. The average molecular weight is 199 g/mol. The molecule has 1 unspecified atom stereocenters. The number of hydrogen-bond acceptors (Lipinski definition) is 3. The third kappa shape index (κ3) is 3.89. The van der Waals surface area contributed by atoms with Crippen LogP contribution in [0.2, 0.25) is 0 Å². The monoisotopic (exact) mass is 199 g/mol. The first kappa shape index (κ1) is 10.7. The summed E-state index contributed by atoms with van der Waals surface area (Å²) in [6, 6.07) is 4.18. The van der Waals surface area contributed by atoms with E-state index in [2.05, 4.69) is 22.4 Å². The molecule has 0 aliphatic carbocycles. The van der Waals surface area contributed by atoms with Gasteiger partial charge in [0, 0.05) is 18.0 Å². The smallest absolute Gasteiger partial charge is 0.0664 e. The molecule has 0 bridgehead atoms. The van der Waals surface area contributed by atoms with Gasteiger partial charge in [-0.1, -0.05) is 13.0 Å². The molecule has 0 aliphatic heterocycles. The van der Waals surface area contributed by atoms with Crippen LogP contribution in [-0.4, -0.2) is 29.7 Å². The standard InChI is InChI=1S/C10H17NOS/c1-3-9(12)7-11(2)8-10-5-4-6-13-10/h4-6,9,12H,3,7-8H2,1-2H3. The zero-order chi connectivity index (χ0) is 9.68. The topological polar surface area (TPSA) is 23.5 Å². The molecule has 1 aromatic rings. The summed E-state index contributed by atoms with van der Waals surface area (Å²) in [5.41, 5.74) is 0. The molecule has 0 radical (unpaired) electrons. The van der Waals surface area contributed by atoms with Crippen LogP contribution in [0.5, 0.6) is 0 Å². The first-order chi connectivity index (χ1) is 6.22. The zero-order valence-electron chi connectivity index (χ0n) is 8.23. The highest BCUT2D eigenvalue weighted by molar-refractivity contribution is 7.09. The van der Waals surface area contributed by atoms with Gasteiger partial charge in [0.1, 0.15) is 0 Å². The summed E-state index contributed by atoms with van der Waals surface area (Å²) in [6.07, 6.45) is 0.638. The molecule has 0 saturated carbocycles. The number of aliphatic hydroxyl groups is 1. The second kappa shape index (κ2) is 5.37. The van der Waals surface area contributed by atoms with Crippen LogP contribution in [0.1, 0.15) is 18.2 Å². The lowest BCUT2D eigenvalue weighted by Crippen LogP contribution is -2.27. The van der Waals surface area contributed by atoms with E-state index >= 15 is 0 Å². The van der Waals surface area contributed by atoms with Crippen molar-refractivity contribution in [3.05, 3.63) is 22.4 Å². The molecule has 1 aromatic heterocycles. The lowest BCUT2D eigenvalue weighted by atomic mass is 10.2. The van der Waals surface area contributed by atoms with Crippen LogP contribution in [-0.2, 0) is 6.54 Å². The molecule has 0 spiro atoms. The first-order valence-corrected chi connectivity index (χ1v) is 5.49. The SMILES string of the molecule is CCC(O)CN(C)Cc1cccs1. The molecule has 2 nitrogen and oxygen atoms in total. The highest BCUT2D eigenvalue weighted by Crippen LogP contribution is 2.11. The number of rotatable bonds is 5. The molecule has 0 aromatic carbocycles. The van der Waals surface area contributed by atoms with E-state index in [-0.39, 0.29) is 6.10 Å². The Morgan fingerprint density at radius 2 is 2.38 bits per heavy atom. The number of likely N-dealkylation sites (N-methyl/N-ethyl adjacent to an activating group) is 1. The Balaban J connectivity index is 2.29. The van der Waals surface area contributed by atoms with Crippen molar-refractivity contribution in [1.82, 2.24) is 4.90 Å². The molecule has 3 heteroatoms. The van der Waals surface area contributed by atoms with Crippen LogP contribution in [0, 0.1) is 0 Å². The van der Waals surface area contributed by atoms with Crippen molar-refractivity contribution in [2.75, 3.05) is 13.6 Å². The second-order valence-electron chi connectivity index (χ2n) is 3.34. The number of aliphatic hydroxyl groups excluding tert-OH is 1. The van der Waals surface area contributed by atoms with Crippen molar-refractivity contribution < 1.29 is 5.11 Å². The molecule has 74 valence electrons. The predicted octanol–water partition coefficient (Wildman–Crippen LogP) is 1.95. The number of nitrogens with zero attached hydrogens (tertiary/aromatic N) is 1. The van der Waals surface area contributed by atoms with Crippen LogP contribution >= 0.6 is 11.3 Å². The van der Waals surface area contributed by atoms with Gasteiger partial charge >= 0.3 is 0 Å². The normalized spacial score (nSPS) is 13.5. The van der Waals surface area contributed by atoms with E-state index in [4.69, 9.17) is 0 Å². The minimum absolute atomic E-state index is 0.190. The van der Waals surface area contributed by atoms with Gasteiger partial charge in [-0.2, -0.15) is 0 Å². The van der Waals surface area contributed by atoms with Crippen LogP contribution in [0.4, 0.5) is 0 Å². The van der Waals surface area contributed by atoms with Crippen molar-refractivity contribution in [3.63, 3.8) is 0 Å². The minimum atomic E-state index is -0.190. The largest absolute Gasteiger partial charge is 0.392 e. The fourth-order valence-corrected chi connectivity index (χ4v) is 2.01. The molecule has 0 aliphatic rings. The summed E-state index contributed by atoms with van der Waals surface area (Å²) in [5.74, 6) is 0. The Morgan fingerprint density at radius 3 is 2.92 bits per heavy atom. The Bertz CT molecular complexity index is 223. The summed E-state index contributed by atoms with van der Waals surface area (Å²) >= 11 is 1.76. The summed E-state index contributed by atoms with van der Waals surface area (Å²) in [6.45, 7) is 3.70. The number of hydrogen-bond donors (Lipinski definition) is 1. The van der Waals surface area contributed by atoms with Gasteiger partial charge in [-0.15, -0.1) is 11.3 Å². The molecule has 13 heavy (non-hydrogen) atoms. The van der Waals surface area contributed by atoms with Crippen LogP contribution in [0.25, 0.3) is 0 Å². The lowest BCUT2D eigenvalue weighted by Gasteiger charge is -2.18. The van der Waals surface area contributed by atoms with E-state index in [9.17, 15) is 5.11 Å². The van der Waals surface area contributed by atoms with E-state index in [1.165, 1.54) is 4.88 Å². The molecular weight excluding hydrogens is 182 g/mol. The van der Waals surface area contributed by atoms with Gasteiger partial charge in [-0.3, -0.25) is 4.90 Å². The van der Waals surface area contributed by atoms with Gasteiger partial charge in [0.25, 0.3) is 0 Å². The lowest BCUT2D eigenvalue weighted by molar-refractivity contribution is 0.120. The van der Waals surface area contributed by atoms with Gasteiger partial charge in [0.2, 0.25) is 0 Å². The van der Waals surface area contributed by atoms with Gasteiger partial charge in [0.05, 0.1) is 6.10 Å². The maximum Gasteiger partial charge on any atom is 0.0664 e. The van der Waals surface area contributed by atoms with E-state index in [0.717, 1.165) is 19.5 Å². The molecule has 0 fully saturated rings. The maximum absolute atomic E-state index is 9.42. The second-order valence-corrected chi connectivity index (χ2v) is 4.37. The molecule has 1 heterocycles. The van der Waals surface area contributed by atoms with Gasteiger partial charge in [-0.05, 0) is 24.9 Å². The molecule has 1 rings (SSSR count). The van der Waals surface area contributed by atoms with Crippen LogP contribution < -0.4 is 0 Å². The molecular formula is C10H17NOS. The summed E-state index contributed by atoms with van der Waals surface area (Å²) in [7, 11) is 2.04. The zero-order valence-corrected chi connectivity index (χ0v) is 9.05. The average Bonchev–Trinajstić information content (AvgIpc) is 2.56. The van der Waals surface area contributed by atoms with E-state index in [1.54, 1.807) is 11.3 Å². The minimum Gasteiger partial charge on any atom is -0.392 e. The van der Waals surface area contributed by atoms with Crippen molar-refractivity contribution in [3.8, 4) is 0 Å². The molecule has 1 N–H and O–H groups in total. The quantitative estimate of drug-likeness (QED) is 0.783. The van der Waals surface area contributed by atoms with E-state index in [1.807, 2.05) is 14.0 Å². The van der Waals surface area contributed by atoms with Gasteiger partial charge < -0.3 is 5.11 Å². The van der Waals surface area contributed by atoms with E-state index < -0.39 is 0 Å². The highest BCUT2D eigenvalue weighted by Gasteiger charge is 2.06. The van der Waals surface area contributed by atoms with Crippen LogP contribution in [0.3, 0.4) is 0 Å². The fourth-order valence-electron chi connectivity index (χ4n) is 1.22. The van der Waals surface area contributed by atoms with Crippen LogP contribution in [0.15, 0.2) is 17.5 Å². The maximum atomic E-state index is 9.42. The molecule has 0 amide bonds. The fraction of sp³-hybridized carbons (Fsp3) is 0.600. The predicted molar refractivity (Wildman–Crippen MR) is 57.0 cm³/mol. The van der Waals surface area contributed by atoms with Crippen molar-refractivity contribution in [2.45, 2.75) is 26.0 Å². The van der Waals surface area contributed by atoms with Crippen molar-refractivity contribution >= 4 is 11.3 Å². The molecule has 0 saturated heterocycles. The Kier molecular flexibility index (Phi) is 4.42. The summed E-state index contributed by atoms with van der Waals surface area (Å²) < 4.78 is 0. The summed E-state index contributed by atoms with van der Waals surface area (Å²) in [4.78, 5) is 3.51. The number of thiophene rings is 1. The Morgan fingerprint density at radius 1 is 1.62 bits per heavy atom. The third-order valence-corrected chi connectivity index (χ3v) is 2.86. The molecule has 1 atom stereocenters. The first-order valence-electron chi connectivity index (χ1n) is 4.61. The Hall–Kier alpha value is -0.380. The Labute approximate surface area is 83.8 Å². The highest BCUT2D eigenvalue weighted by atomic mass is 32.1. The van der Waals surface area contributed by atoms with Gasteiger partial charge in [-0.25, -0.2) is 0 Å². The van der Waals surface area contributed by atoms with Crippen molar-refractivity contribution in [2.24, 2.45) is 0 Å².